The van der Waals surface area contributed by atoms with Crippen LogP contribution in [0.15, 0.2) is 41.6 Å². The fraction of sp³-hybridized carbons (Fsp3) is 0.294. The quantitative estimate of drug-likeness (QED) is 0.723. The lowest BCUT2D eigenvalue weighted by molar-refractivity contribution is -0.119. The molecule has 3 rings (SSSR count). The number of aryl methyl sites for hydroxylation is 1. The Morgan fingerprint density at radius 1 is 1.17 bits per heavy atom. The van der Waals surface area contributed by atoms with Crippen LogP contribution < -0.4 is 5.32 Å². The number of amides is 1. The van der Waals surface area contributed by atoms with Crippen LogP contribution in [0.5, 0.6) is 0 Å². The maximum Gasteiger partial charge on any atom is 0.230 e. The molecular formula is C17H19N5OS. The summed E-state index contributed by atoms with van der Waals surface area (Å²) in [5, 5.41) is 16.3. The van der Waals surface area contributed by atoms with E-state index in [9.17, 15) is 4.79 Å². The molecule has 124 valence electrons. The lowest BCUT2D eigenvalue weighted by Gasteiger charge is -2.07. The maximum atomic E-state index is 11.8. The summed E-state index contributed by atoms with van der Waals surface area (Å²) in [5.41, 5.74) is 3.75. The van der Waals surface area contributed by atoms with Crippen molar-refractivity contribution in [1.82, 2.24) is 25.1 Å². The molecule has 0 unspecified atom stereocenters. The summed E-state index contributed by atoms with van der Waals surface area (Å²) in [6.07, 6.45) is 0. The van der Waals surface area contributed by atoms with Crippen molar-refractivity contribution in [3.63, 3.8) is 0 Å². The number of thioether (sulfide) groups is 1. The van der Waals surface area contributed by atoms with Gasteiger partial charge in [-0.15, -0.1) is 10.2 Å². The van der Waals surface area contributed by atoms with Crippen LogP contribution in [-0.2, 0) is 4.79 Å². The first-order chi connectivity index (χ1) is 11.5. The zero-order chi connectivity index (χ0) is 17.1. The average Bonchev–Trinajstić information content (AvgIpc) is 2.95. The summed E-state index contributed by atoms with van der Waals surface area (Å²) in [4.78, 5) is 11.8. The normalized spacial score (nSPS) is 11.2. The van der Waals surface area contributed by atoms with Crippen LogP contribution in [0.25, 0.3) is 16.9 Å². The van der Waals surface area contributed by atoms with E-state index < -0.39 is 0 Å². The van der Waals surface area contributed by atoms with Gasteiger partial charge in [0.1, 0.15) is 0 Å². The second-order valence-corrected chi connectivity index (χ2v) is 6.79. The third-order valence-electron chi connectivity index (χ3n) is 3.36. The highest BCUT2D eigenvalue weighted by molar-refractivity contribution is 7.99. The van der Waals surface area contributed by atoms with Gasteiger partial charge in [0.2, 0.25) is 11.1 Å². The average molecular weight is 341 g/mol. The molecule has 7 heteroatoms. The number of nitrogens with one attached hydrogen (secondary N) is 1. The van der Waals surface area contributed by atoms with Crippen molar-refractivity contribution in [2.45, 2.75) is 32.0 Å². The van der Waals surface area contributed by atoms with Gasteiger partial charge in [0, 0.05) is 11.6 Å². The van der Waals surface area contributed by atoms with Crippen molar-refractivity contribution in [1.29, 1.82) is 0 Å². The predicted molar refractivity (Wildman–Crippen MR) is 95.0 cm³/mol. The summed E-state index contributed by atoms with van der Waals surface area (Å²) in [5.74, 6) is 0.261. The number of carbonyl (C=O) groups excluding carboxylic acids is 1. The predicted octanol–water partition coefficient (Wildman–Crippen LogP) is 2.72. The van der Waals surface area contributed by atoms with E-state index in [-0.39, 0.29) is 17.7 Å². The van der Waals surface area contributed by atoms with E-state index in [4.69, 9.17) is 0 Å². The Kier molecular flexibility index (Phi) is 4.80. The SMILES string of the molecule is Cc1ccc(-c2ccc3nnc(SCC(=O)NC(C)C)n3n2)cc1. The summed E-state index contributed by atoms with van der Waals surface area (Å²) in [6.45, 7) is 5.92. The number of hydrogen-bond donors (Lipinski definition) is 1. The molecule has 0 saturated carbocycles. The number of nitrogens with zero attached hydrogens (tertiary/aromatic N) is 4. The van der Waals surface area contributed by atoms with Gasteiger partial charge in [-0.05, 0) is 32.9 Å². The third kappa shape index (κ3) is 3.73. The van der Waals surface area contributed by atoms with Gasteiger partial charge in [0.25, 0.3) is 0 Å². The van der Waals surface area contributed by atoms with Gasteiger partial charge < -0.3 is 5.32 Å². The molecule has 2 heterocycles. The number of aromatic nitrogens is 4. The van der Waals surface area contributed by atoms with Gasteiger partial charge in [-0.3, -0.25) is 4.79 Å². The fourth-order valence-electron chi connectivity index (χ4n) is 2.23. The molecule has 0 bridgehead atoms. The molecule has 0 aliphatic rings. The Labute approximate surface area is 144 Å². The minimum absolute atomic E-state index is 0.0264. The minimum atomic E-state index is -0.0264. The summed E-state index contributed by atoms with van der Waals surface area (Å²) < 4.78 is 1.68. The molecule has 6 nitrogen and oxygen atoms in total. The van der Waals surface area contributed by atoms with Gasteiger partial charge in [0.05, 0.1) is 11.4 Å². The molecule has 0 aliphatic carbocycles. The van der Waals surface area contributed by atoms with Crippen LogP contribution in [-0.4, -0.2) is 37.5 Å². The topological polar surface area (TPSA) is 72.2 Å². The third-order valence-corrected chi connectivity index (χ3v) is 4.28. The largest absolute Gasteiger partial charge is 0.353 e. The van der Waals surface area contributed by atoms with Crippen molar-refractivity contribution < 1.29 is 4.79 Å². The monoisotopic (exact) mass is 341 g/mol. The lowest BCUT2D eigenvalue weighted by Crippen LogP contribution is -2.31. The van der Waals surface area contributed by atoms with Crippen LogP contribution in [0.3, 0.4) is 0 Å². The summed E-state index contributed by atoms with van der Waals surface area (Å²) >= 11 is 1.33. The van der Waals surface area contributed by atoms with E-state index >= 15 is 0 Å². The molecule has 1 N–H and O–H groups in total. The van der Waals surface area contributed by atoms with E-state index in [1.807, 2.05) is 38.1 Å². The molecule has 0 fully saturated rings. The molecule has 0 radical (unpaired) electrons. The fourth-order valence-corrected chi connectivity index (χ4v) is 2.93. The maximum absolute atomic E-state index is 11.8. The van der Waals surface area contributed by atoms with Gasteiger partial charge in [-0.2, -0.15) is 9.61 Å². The van der Waals surface area contributed by atoms with Gasteiger partial charge in [-0.1, -0.05) is 41.6 Å². The Morgan fingerprint density at radius 3 is 2.62 bits per heavy atom. The van der Waals surface area contributed by atoms with Crippen molar-refractivity contribution in [2.75, 3.05) is 5.75 Å². The highest BCUT2D eigenvalue weighted by atomic mass is 32.2. The van der Waals surface area contributed by atoms with E-state index in [1.54, 1.807) is 4.52 Å². The van der Waals surface area contributed by atoms with Crippen LogP contribution in [0.1, 0.15) is 19.4 Å². The van der Waals surface area contributed by atoms with Crippen molar-refractivity contribution in [3.8, 4) is 11.3 Å². The number of carbonyl (C=O) groups is 1. The van der Waals surface area contributed by atoms with E-state index in [0.29, 0.717) is 10.8 Å². The number of benzene rings is 1. The molecule has 0 saturated heterocycles. The van der Waals surface area contributed by atoms with E-state index in [2.05, 4.69) is 39.7 Å². The Balaban J connectivity index is 1.83. The Hall–Kier alpha value is -2.41. The highest BCUT2D eigenvalue weighted by Gasteiger charge is 2.12. The first kappa shape index (κ1) is 16.4. The van der Waals surface area contributed by atoms with Crippen molar-refractivity contribution in [3.05, 3.63) is 42.0 Å². The second kappa shape index (κ2) is 7.00. The molecule has 1 amide bonds. The van der Waals surface area contributed by atoms with Crippen molar-refractivity contribution >= 4 is 23.3 Å². The smallest absolute Gasteiger partial charge is 0.230 e. The zero-order valence-electron chi connectivity index (χ0n) is 13.9. The summed E-state index contributed by atoms with van der Waals surface area (Å²) in [6, 6.07) is 12.1. The Morgan fingerprint density at radius 2 is 1.92 bits per heavy atom. The van der Waals surface area contributed by atoms with Crippen molar-refractivity contribution in [2.24, 2.45) is 0 Å². The van der Waals surface area contributed by atoms with Gasteiger partial charge in [0.15, 0.2) is 5.65 Å². The highest BCUT2D eigenvalue weighted by Crippen LogP contribution is 2.21. The number of rotatable bonds is 5. The van der Waals surface area contributed by atoms with Gasteiger partial charge in [-0.25, -0.2) is 0 Å². The minimum Gasteiger partial charge on any atom is -0.353 e. The number of fused-ring (bicyclic) bond motifs is 1. The van der Waals surface area contributed by atoms with Crippen LogP contribution in [0.4, 0.5) is 0 Å². The van der Waals surface area contributed by atoms with Crippen LogP contribution >= 0.6 is 11.8 Å². The van der Waals surface area contributed by atoms with Gasteiger partial charge >= 0.3 is 0 Å². The zero-order valence-corrected chi connectivity index (χ0v) is 14.7. The van der Waals surface area contributed by atoms with Crippen LogP contribution in [0, 0.1) is 6.92 Å². The molecule has 0 spiro atoms. The summed E-state index contributed by atoms with van der Waals surface area (Å²) in [7, 11) is 0. The molecule has 1 aromatic carbocycles. The Bertz CT molecular complexity index is 857. The molecule has 0 aliphatic heterocycles. The van der Waals surface area contributed by atoms with E-state index in [1.165, 1.54) is 17.3 Å². The molecule has 0 atom stereocenters. The second-order valence-electron chi connectivity index (χ2n) is 5.85. The lowest BCUT2D eigenvalue weighted by atomic mass is 10.1. The number of hydrogen-bond acceptors (Lipinski definition) is 5. The first-order valence-electron chi connectivity index (χ1n) is 7.74. The standard InChI is InChI=1S/C17H19N5OS/c1-11(2)18-16(23)10-24-17-20-19-15-9-8-14(21-22(15)17)13-6-4-12(3)5-7-13/h4-9,11H,10H2,1-3H3,(H,18,23). The molecule has 3 aromatic rings. The molecular weight excluding hydrogens is 322 g/mol. The van der Waals surface area contributed by atoms with Crippen LogP contribution in [0.2, 0.25) is 0 Å². The van der Waals surface area contributed by atoms with E-state index in [0.717, 1.165) is 11.3 Å². The first-order valence-corrected chi connectivity index (χ1v) is 8.73. The molecule has 24 heavy (non-hydrogen) atoms. The molecule has 2 aromatic heterocycles.